The molecule has 0 heterocycles. The third-order valence-electron chi connectivity index (χ3n) is 6.45. The van der Waals surface area contributed by atoms with E-state index < -0.39 is 10.8 Å². The maximum absolute atomic E-state index is 13.2. The van der Waals surface area contributed by atoms with Crippen molar-refractivity contribution in [1.29, 1.82) is 0 Å². The summed E-state index contributed by atoms with van der Waals surface area (Å²) in [7, 11) is 0. The number of ether oxygens (including phenoxy) is 2. The lowest BCUT2D eigenvalue weighted by Crippen LogP contribution is -2.54. The van der Waals surface area contributed by atoms with E-state index in [1.54, 1.807) is 50.3 Å². The first-order valence-electron chi connectivity index (χ1n) is 11.1. The van der Waals surface area contributed by atoms with Crippen molar-refractivity contribution in [2.75, 3.05) is 37.3 Å². The molecule has 0 unspecified atom stereocenters. The Labute approximate surface area is 210 Å². The van der Waals surface area contributed by atoms with E-state index in [0.717, 1.165) is 11.4 Å². The number of carbonyl (C=O) groups excluding carboxylic acids is 2. The molecule has 6 nitrogen and oxygen atoms in total. The van der Waals surface area contributed by atoms with Gasteiger partial charge in [0.1, 0.15) is 25.0 Å². The molecule has 2 N–H and O–H groups in total. The average Bonchev–Trinajstić information content (AvgIpc) is 2.83. The SMILES string of the molecule is C[C@]1(COCNc2ccc(Cl)cc2)C(=O)C/C=C\CC(=O)[C@@]1(C)COCNc1ccc(Cl)cc1. The highest BCUT2D eigenvalue weighted by atomic mass is 35.5. The van der Waals surface area contributed by atoms with Crippen molar-refractivity contribution < 1.29 is 19.1 Å². The van der Waals surface area contributed by atoms with Crippen LogP contribution in [0.4, 0.5) is 11.4 Å². The van der Waals surface area contributed by atoms with Crippen LogP contribution in [0.25, 0.3) is 0 Å². The fraction of sp³-hybridized carbons (Fsp3) is 0.385. The standard InChI is InChI=1S/C26H30Cl2N2O4/c1-25(15-33-17-29-21-11-7-19(27)8-12-21)23(31)5-3-4-6-24(32)26(25,2)16-34-18-30-22-13-9-20(28)10-14-22/h3-4,7-14,29-30H,5-6,15-18H2,1-2H3/b4-3-/t25-,26+. The minimum absolute atomic E-state index is 0.0555. The first kappa shape index (κ1) is 26.2. The van der Waals surface area contributed by atoms with Crippen LogP contribution in [-0.4, -0.2) is 38.2 Å². The first-order chi connectivity index (χ1) is 16.2. The molecule has 8 heteroatoms. The molecule has 182 valence electrons. The van der Waals surface area contributed by atoms with Gasteiger partial charge in [0, 0.05) is 34.3 Å². The van der Waals surface area contributed by atoms with Crippen molar-refractivity contribution in [2.45, 2.75) is 26.7 Å². The highest BCUT2D eigenvalue weighted by molar-refractivity contribution is 6.30. The number of anilines is 2. The smallest absolute Gasteiger partial charge is 0.145 e. The van der Waals surface area contributed by atoms with E-state index >= 15 is 0 Å². The van der Waals surface area contributed by atoms with E-state index in [-0.39, 0.29) is 51.1 Å². The largest absolute Gasteiger partial charge is 0.363 e. The summed E-state index contributed by atoms with van der Waals surface area (Å²) in [5.41, 5.74) is -0.429. The molecular weight excluding hydrogens is 475 g/mol. The van der Waals surface area contributed by atoms with E-state index in [1.165, 1.54) is 0 Å². The Balaban J connectivity index is 1.65. The molecule has 1 aliphatic rings. The molecular formula is C26H30Cl2N2O4. The van der Waals surface area contributed by atoms with Crippen LogP contribution in [0.2, 0.25) is 10.0 Å². The molecule has 0 aromatic heterocycles. The summed E-state index contributed by atoms with van der Waals surface area (Å²) in [6, 6.07) is 14.5. The summed E-state index contributed by atoms with van der Waals surface area (Å²) >= 11 is 11.8. The van der Waals surface area contributed by atoms with Gasteiger partial charge in [0.2, 0.25) is 0 Å². The highest BCUT2D eigenvalue weighted by Crippen LogP contribution is 2.44. The van der Waals surface area contributed by atoms with Crippen molar-refractivity contribution in [3.63, 3.8) is 0 Å². The molecule has 0 fully saturated rings. The second-order valence-corrected chi connectivity index (χ2v) is 9.62. The van der Waals surface area contributed by atoms with Crippen LogP contribution in [0.1, 0.15) is 26.7 Å². The van der Waals surface area contributed by atoms with Gasteiger partial charge in [0.15, 0.2) is 0 Å². The maximum atomic E-state index is 13.2. The van der Waals surface area contributed by atoms with Gasteiger partial charge >= 0.3 is 0 Å². The van der Waals surface area contributed by atoms with Crippen LogP contribution in [0.3, 0.4) is 0 Å². The van der Waals surface area contributed by atoms with Crippen molar-refractivity contribution in [1.82, 2.24) is 0 Å². The van der Waals surface area contributed by atoms with Gasteiger partial charge in [-0.25, -0.2) is 0 Å². The zero-order chi connectivity index (χ0) is 24.6. The van der Waals surface area contributed by atoms with Crippen molar-refractivity contribution >= 4 is 46.1 Å². The minimum atomic E-state index is -1.06. The fourth-order valence-electron chi connectivity index (χ4n) is 3.84. The molecule has 0 spiro atoms. The fourth-order valence-corrected chi connectivity index (χ4v) is 4.09. The monoisotopic (exact) mass is 504 g/mol. The van der Waals surface area contributed by atoms with Gasteiger partial charge in [-0.2, -0.15) is 0 Å². The number of ketones is 2. The summed E-state index contributed by atoms with van der Waals surface area (Å²) in [6.45, 7) is 4.12. The summed E-state index contributed by atoms with van der Waals surface area (Å²) in [4.78, 5) is 26.5. The van der Waals surface area contributed by atoms with Crippen LogP contribution >= 0.6 is 23.2 Å². The molecule has 0 amide bonds. The molecule has 3 rings (SSSR count). The number of nitrogens with one attached hydrogen (secondary N) is 2. The van der Waals surface area contributed by atoms with Crippen LogP contribution in [0.5, 0.6) is 0 Å². The molecule has 1 aliphatic carbocycles. The van der Waals surface area contributed by atoms with E-state index in [9.17, 15) is 9.59 Å². The lowest BCUT2D eigenvalue weighted by atomic mass is 9.60. The van der Waals surface area contributed by atoms with Gasteiger partial charge in [0.05, 0.1) is 24.0 Å². The first-order valence-corrected chi connectivity index (χ1v) is 11.9. The second kappa shape index (κ2) is 11.8. The Morgan fingerprint density at radius 2 is 1.06 bits per heavy atom. The molecule has 2 atom stereocenters. The number of hydrogen-bond acceptors (Lipinski definition) is 6. The summed E-state index contributed by atoms with van der Waals surface area (Å²) in [5.74, 6) is -0.111. The summed E-state index contributed by atoms with van der Waals surface area (Å²) in [6.07, 6.45) is 4.01. The second-order valence-electron chi connectivity index (χ2n) is 8.74. The molecule has 0 bridgehead atoms. The van der Waals surface area contributed by atoms with Crippen LogP contribution in [0.15, 0.2) is 60.7 Å². The van der Waals surface area contributed by atoms with Gasteiger partial charge in [0.25, 0.3) is 0 Å². The maximum Gasteiger partial charge on any atom is 0.145 e. The summed E-state index contributed by atoms with van der Waals surface area (Å²) in [5, 5.41) is 7.58. The average molecular weight is 505 g/mol. The molecule has 0 saturated carbocycles. The molecule has 2 aromatic rings. The molecule has 34 heavy (non-hydrogen) atoms. The van der Waals surface area contributed by atoms with Gasteiger partial charge in [-0.15, -0.1) is 0 Å². The number of allylic oxidation sites excluding steroid dienone is 2. The number of rotatable bonds is 10. The third-order valence-corrected chi connectivity index (χ3v) is 6.95. The number of benzene rings is 2. The Kier molecular flexibility index (Phi) is 9.14. The normalized spacial score (nSPS) is 23.8. The molecule has 0 radical (unpaired) electrons. The lowest BCUT2D eigenvalue weighted by Gasteiger charge is -2.44. The van der Waals surface area contributed by atoms with Crippen LogP contribution < -0.4 is 10.6 Å². The van der Waals surface area contributed by atoms with E-state index in [1.807, 2.05) is 24.3 Å². The lowest BCUT2D eigenvalue weighted by molar-refractivity contribution is -0.158. The third kappa shape index (κ3) is 6.39. The Morgan fingerprint density at radius 1 is 0.706 bits per heavy atom. The number of Topliss-reactive ketones (excluding diaryl/α,β-unsaturated/α-hetero) is 2. The van der Waals surface area contributed by atoms with Crippen molar-refractivity contribution in [3.05, 3.63) is 70.7 Å². The molecule has 2 aromatic carbocycles. The number of carbonyl (C=O) groups is 2. The van der Waals surface area contributed by atoms with Gasteiger partial charge in [-0.1, -0.05) is 35.4 Å². The predicted molar refractivity (Wildman–Crippen MR) is 136 cm³/mol. The number of halogens is 2. The van der Waals surface area contributed by atoms with Crippen LogP contribution in [-0.2, 0) is 19.1 Å². The Morgan fingerprint density at radius 3 is 1.41 bits per heavy atom. The van der Waals surface area contributed by atoms with Gasteiger partial charge in [-0.05, 0) is 62.4 Å². The van der Waals surface area contributed by atoms with Crippen molar-refractivity contribution in [3.8, 4) is 0 Å². The van der Waals surface area contributed by atoms with Crippen LogP contribution in [0, 0.1) is 10.8 Å². The predicted octanol–water partition coefficient (Wildman–Crippen LogP) is 5.97. The summed E-state index contributed by atoms with van der Waals surface area (Å²) < 4.78 is 11.8. The van der Waals surface area contributed by atoms with E-state index in [2.05, 4.69) is 10.6 Å². The zero-order valence-electron chi connectivity index (χ0n) is 19.4. The number of hydrogen-bond donors (Lipinski definition) is 2. The van der Waals surface area contributed by atoms with E-state index in [0.29, 0.717) is 10.0 Å². The van der Waals surface area contributed by atoms with Gasteiger partial charge < -0.3 is 20.1 Å². The quantitative estimate of drug-likeness (QED) is 0.236. The highest BCUT2D eigenvalue weighted by Gasteiger charge is 2.54. The zero-order valence-corrected chi connectivity index (χ0v) is 20.9. The Bertz CT molecular complexity index is 929. The molecule has 0 saturated heterocycles. The van der Waals surface area contributed by atoms with Gasteiger partial charge in [-0.3, -0.25) is 9.59 Å². The van der Waals surface area contributed by atoms with Crippen molar-refractivity contribution in [2.24, 2.45) is 10.8 Å². The molecule has 0 aliphatic heterocycles. The minimum Gasteiger partial charge on any atom is -0.363 e. The Hall–Kier alpha value is -2.38. The topological polar surface area (TPSA) is 76.7 Å². The van der Waals surface area contributed by atoms with E-state index in [4.69, 9.17) is 32.7 Å².